The molecule has 2 heteroatoms. The van der Waals surface area contributed by atoms with E-state index < -0.39 is 0 Å². The van der Waals surface area contributed by atoms with Crippen LogP contribution in [0.4, 0.5) is 0 Å². The van der Waals surface area contributed by atoms with Crippen molar-refractivity contribution in [2.24, 2.45) is 0 Å². The SMILES string of the molecule is Cc1cccc(CN(C)CC(=O)c2ccc3ccccc3c2)c1. The van der Waals surface area contributed by atoms with Gasteiger partial charge in [0, 0.05) is 12.1 Å². The van der Waals surface area contributed by atoms with Gasteiger partial charge in [-0.2, -0.15) is 0 Å². The molecule has 0 saturated carbocycles. The first-order chi connectivity index (χ1) is 11.1. The molecule has 0 aromatic heterocycles. The van der Waals surface area contributed by atoms with Crippen LogP contribution in [0.1, 0.15) is 21.5 Å². The topological polar surface area (TPSA) is 20.3 Å². The van der Waals surface area contributed by atoms with Gasteiger partial charge in [0.1, 0.15) is 0 Å². The summed E-state index contributed by atoms with van der Waals surface area (Å²) < 4.78 is 0. The summed E-state index contributed by atoms with van der Waals surface area (Å²) >= 11 is 0. The lowest BCUT2D eigenvalue weighted by molar-refractivity contribution is 0.0943. The molecule has 0 fully saturated rings. The maximum absolute atomic E-state index is 12.5. The number of ketones is 1. The third kappa shape index (κ3) is 3.85. The Morgan fingerprint density at radius 3 is 2.48 bits per heavy atom. The van der Waals surface area contributed by atoms with E-state index in [0.29, 0.717) is 6.54 Å². The lowest BCUT2D eigenvalue weighted by atomic mass is 10.0. The molecule has 3 aromatic rings. The molecule has 3 rings (SSSR count). The number of carbonyl (C=O) groups is 1. The van der Waals surface area contributed by atoms with Crippen molar-refractivity contribution < 1.29 is 4.79 Å². The van der Waals surface area contributed by atoms with Gasteiger partial charge in [0.15, 0.2) is 5.78 Å². The molecule has 23 heavy (non-hydrogen) atoms. The van der Waals surface area contributed by atoms with E-state index in [9.17, 15) is 4.79 Å². The monoisotopic (exact) mass is 303 g/mol. The molecule has 0 heterocycles. The Kier molecular flexibility index (Phi) is 4.54. The largest absolute Gasteiger partial charge is 0.295 e. The quantitative estimate of drug-likeness (QED) is 0.648. The predicted molar refractivity (Wildman–Crippen MR) is 95.8 cm³/mol. The molecule has 0 amide bonds. The Bertz CT molecular complexity index is 838. The highest BCUT2D eigenvalue weighted by atomic mass is 16.1. The molecule has 0 aliphatic heterocycles. The van der Waals surface area contributed by atoms with E-state index in [4.69, 9.17) is 0 Å². The first-order valence-electron chi connectivity index (χ1n) is 7.88. The van der Waals surface area contributed by atoms with E-state index in [1.54, 1.807) is 0 Å². The fourth-order valence-electron chi connectivity index (χ4n) is 2.88. The molecular weight excluding hydrogens is 282 g/mol. The van der Waals surface area contributed by atoms with Crippen molar-refractivity contribution in [1.82, 2.24) is 4.90 Å². The second-order valence-electron chi connectivity index (χ2n) is 6.15. The molecular formula is C21H21NO. The zero-order valence-corrected chi connectivity index (χ0v) is 13.6. The molecule has 0 radical (unpaired) electrons. The number of likely N-dealkylation sites (N-methyl/N-ethyl adjacent to an activating group) is 1. The van der Waals surface area contributed by atoms with Gasteiger partial charge in [-0.15, -0.1) is 0 Å². The van der Waals surface area contributed by atoms with Gasteiger partial charge >= 0.3 is 0 Å². The van der Waals surface area contributed by atoms with Crippen LogP contribution in [0.3, 0.4) is 0 Å². The molecule has 0 unspecified atom stereocenters. The summed E-state index contributed by atoms with van der Waals surface area (Å²) in [5.74, 6) is 0.158. The standard InChI is InChI=1S/C21H21NO/c1-16-6-5-7-17(12-16)14-22(2)15-21(23)20-11-10-18-8-3-4-9-19(18)13-20/h3-13H,14-15H2,1-2H3. The molecule has 0 atom stereocenters. The van der Waals surface area contributed by atoms with E-state index in [1.165, 1.54) is 11.1 Å². The third-order valence-corrected chi connectivity index (χ3v) is 4.02. The molecule has 0 spiro atoms. The lowest BCUT2D eigenvalue weighted by Gasteiger charge is -2.16. The van der Waals surface area contributed by atoms with Crippen LogP contribution in [0.25, 0.3) is 10.8 Å². The van der Waals surface area contributed by atoms with Crippen LogP contribution in [0.5, 0.6) is 0 Å². The first kappa shape index (κ1) is 15.4. The minimum atomic E-state index is 0.158. The Balaban J connectivity index is 1.69. The van der Waals surface area contributed by atoms with E-state index in [1.807, 2.05) is 43.4 Å². The van der Waals surface area contributed by atoms with Crippen molar-refractivity contribution >= 4 is 16.6 Å². The van der Waals surface area contributed by atoms with Gasteiger partial charge in [0.05, 0.1) is 6.54 Å². The Labute approximate surface area is 137 Å². The number of Topliss-reactive ketones (excluding diaryl/α,β-unsaturated/α-hetero) is 1. The summed E-state index contributed by atoms with van der Waals surface area (Å²) in [5, 5.41) is 2.27. The van der Waals surface area contributed by atoms with Crippen molar-refractivity contribution in [3.63, 3.8) is 0 Å². The maximum atomic E-state index is 12.5. The molecule has 3 aromatic carbocycles. The Hall–Kier alpha value is -2.45. The van der Waals surface area contributed by atoms with Crippen LogP contribution in [-0.2, 0) is 6.54 Å². The van der Waals surface area contributed by atoms with Crippen molar-refractivity contribution in [3.8, 4) is 0 Å². The fourth-order valence-corrected chi connectivity index (χ4v) is 2.88. The molecule has 116 valence electrons. The number of hydrogen-bond donors (Lipinski definition) is 0. The number of hydrogen-bond acceptors (Lipinski definition) is 2. The highest BCUT2D eigenvalue weighted by Gasteiger charge is 2.10. The van der Waals surface area contributed by atoms with E-state index in [2.05, 4.69) is 42.2 Å². The molecule has 0 N–H and O–H groups in total. The highest BCUT2D eigenvalue weighted by Crippen LogP contribution is 2.16. The molecule has 0 aliphatic rings. The minimum Gasteiger partial charge on any atom is -0.295 e. The number of fused-ring (bicyclic) bond motifs is 1. The van der Waals surface area contributed by atoms with E-state index >= 15 is 0 Å². The normalized spacial score (nSPS) is 11.1. The van der Waals surface area contributed by atoms with Crippen LogP contribution in [0.2, 0.25) is 0 Å². The van der Waals surface area contributed by atoms with Gasteiger partial charge < -0.3 is 0 Å². The number of nitrogens with zero attached hydrogens (tertiary/aromatic N) is 1. The summed E-state index contributed by atoms with van der Waals surface area (Å²) in [6, 6.07) is 22.5. The highest BCUT2D eigenvalue weighted by molar-refractivity contribution is 6.01. The van der Waals surface area contributed by atoms with Crippen LogP contribution in [0.15, 0.2) is 66.7 Å². The van der Waals surface area contributed by atoms with Crippen molar-refractivity contribution in [2.45, 2.75) is 13.5 Å². The molecule has 0 saturated heterocycles. The first-order valence-corrected chi connectivity index (χ1v) is 7.88. The van der Waals surface area contributed by atoms with Gasteiger partial charge in [-0.25, -0.2) is 0 Å². The zero-order valence-electron chi connectivity index (χ0n) is 13.6. The van der Waals surface area contributed by atoms with Crippen molar-refractivity contribution in [1.29, 1.82) is 0 Å². The third-order valence-electron chi connectivity index (χ3n) is 4.02. The fraction of sp³-hybridized carbons (Fsp3) is 0.190. The second-order valence-corrected chi connectivity index (χ2v) is 6.15. The number of rotatable bonds is 5. The van der Waals surface area contributed by atoms with Gasteiger partial charge in [-0.05, 0) is 36.4 Å². The molecule has 2 nitrogen and oxygen atoms in total. The summed E-state index contributed by atoms with van der Waals surface area (Å²) in [5.41, 5.74) is 3.26. The van der Waals surface area contributed by atoms with Crippen LogP contribution < -0.4 is 0 Å². The van der Waals surface area contributed by atoms with Crippen LogP contribution in [-0.4, -0.2) is 24.3 Å². The number of benzene rings is 3. The van der Waals surface area contributed by atoms with Gasteiger partial charge in [-0.1, -0.05) is 66.2 Å². The summed E-state index contributed by atoms with van der Waals surface area (Å²) in [6.45, 7) is 3.29. The Morgan fingerprint density at radius 2 is 1.70 bits per heavy atom. The minimum absolute atomic E-state index is 0.158. The van der Waals surface area contributed by atoms with Gasteiger partial charge in [0.25, 0.3) is 0 Å². The van der Waals surface area contributed by atoms with Crippen LogP contribution >= 0.6 is 0 Å². The molecule has 0 bridgehead atoms. The zero-order chi connectivity index (χ0) is 16.2. The average molecular weight is 303 g/mol. The van der Waals surface area contributed by atoms with Crippen LogP contribution in [0, 0.1) is 6.92 Å². The number of aryl methyl sites for hydroxylation is 1. The predicted octanol–water partition coefficient (Wildman–Crippen LogP) is 4.46. The average Bonchev–Trinajstić information content (AvgIpc) is 2.54. The van der Waals surface area contributed by atoms with Gasteiger partial charge in [0.2, 0.25) is 0 Å². The smallest absolute Gasteiger partial charge is 0.176 e. The van der Waals surface area contributed by atoms with Crippen molar-refractivity contribution in [2.75, 3.05) is 13.6 Å². The molecule has 0 aliphatic carbocycles. The lowest BCUT2D eigenvalue weighted by Crippen LogP contribution is -2.25. The van der Waals surface area contributed by atoms with E-state index in [0.717, 1.165) is 22.9 Å². The Morgan fingerprint density at radius 1 is 0.913 bits per heavy atom. The maximum Gasteiger partial charge on any atom is 0.176 e. The van der Waals surface area contributed by atoms with E-state index in [-0.39, 0.29) is 5.78 Å². The summed E-state index contributed by atoms with van der Waals surface area (Å²) in [7, 11) is 1.99. The van der Waals surface area contributed by atoms with Crippen molar-refractivity contribution in [3.05, 3.63) is 83.4 Å². The summed E-state index contributed by atoms with van der Waals surface area (Å²) in [4.78, 5) is 14.6. The second kappa shape index (κ2) is 6.76. The number of carbonyl (C=O) groups excluding carboxylic acids is 1. The van der Waals surface area contributed by atoms with Gasteiger partial charge in [-0.3, -0.25) is 9.69 Å². The summed E-state index contributed by atoms with van der Waals surface area (Å²) in [6.07, 6.45) is 0.